The zero-order valence-corrected chi connectivity index (χ0v) is 80.1. The van der Waals surface area contributed by atoms with Gasteiger partial charge in [-0.25, -0.2) is 22.0 Å². The monoisotopic (exact) mass is 2030 g/mol. The summed E-state index contributed by atoms with van der Waals surface area (Å²) < 4.78 is 195. The zero-order chi connectivity index (χ0) is 98.9. The molecule has 702 valence electrons. The zero-order valence-electron chi connectivity index (χ0n) is 71.9. The molecule has 0 amide bonds. The smallest absolute Gasteiger partial charge is 0.300 e. The maximum atomic E-state index is 12.6. The van der Waals surface area contributed by atoms with Crippen molar-refractivity contribution in [2.45, 2.75) is 78.3 Å². The van der Waals surface area contributed by atoms with Crippen LogP contribution >= 0.6 is 0 Å². The van der Waals surface area contributed by atoms with Gasteiger partial charge in [-0.05, 0) is 243 Å². The number of aromatic hydroxyl groups is 5. The summed E-state index contributed by atoms with van der Waals surface area (Å²) in [7, 11) is -20.9. The third kappa shape index (κ3) is 40.3. The highest BCUT2D eigenvalue weighted by atomic mass is 32.2. The Hall–Kier alpha value is -12.5. The van der Waals surface area contributed by atoms with E-state index < -0.39 is 84.6 Å². The standard InChI is InChI=1S/5C18H14OS.C6HF5O3S.4CH4O3S/c5*19-15-11-13-18(14-12-15)20(16-7-3-1-4-8-16)17-9-5-2-6-10-17;7-1-2(8)4(10)6(15(12,13)14)5(11)3(1)9;4*1-5(2,3)4/h5*1-14H;(H,12,13,14);4*1H3,(H,2,3,4)/p+5. The van der Waals surface area contributed by atoms with Gasteiger partial charge in [-0.3, -0.25) is 22.8 Å². The number of hydrogen-bond donors (Lipinski definition) is 10. The third-order valence-corrected chi connectivity index (χ3v) is 28.6. The summed E-state index contributed by atoms with van der Waals surface area (Å²) in [5, 5.41) is 47.4. The van der Waals surface area contributed by atoms with E-state index in [1.54, 1.807) is 60.7 Å². The van der Waals surface area contributed by atoms with Crippen LogP contribution in [0.3, 0.4) is 0 Å². The molecule has 35 heteroatoms. The molecule has 0 saturated heterocycles. The fraction of sp³-hybridized carbons (Fsp3) is 0.0400. The van der Waals surface area contributed by atoms with Crippen molar-refractivity contribution in [1.29, 1.82) is 0 Å². The fourth-order valence-electron chi connectivity index (χ4n) is 11.3. The second kappa shape index (κ2) is 54.1. The highest BCUT2D eigenvalue weighted by Crippen LogP contribution is 2.38. The van der Waals surface area contributed by atoms with Crippen LogP contribution in [0.25, 0.3) is 0 Å². The van der Waals surface area contributed by atoms with Crippen molar-refractivity contribution in [3.63, 3.8) is 0 Å². The summed E-state index contributed by atoms with van der Waals surface area (Å²) in [4.78, 5) is 16.6. The van der Waals surface area contributed by atoms with E-state index in [-0.39, 0.29) is 54.5 Å². The van der Waals surface area contributed by atoms with Crippen LogP contribution in [0.1, 0.15) is 0 Å². The summed E-state index contributed by atoms with van der Waals surface area (Å²) in [6.07, 6.45) is 2.86. The fourth-order valence-corrected chi connectivity index (χ4v) is 22.4. The summed E-state index contributed by atoms with van der Waals surface area (Å²) >= 11 is 0. The molecule has 16 aromatic rings. The lowest BCUT2D eigenvalue weighted by molar-refractivity contribution is 0.352. The van der Waals surface area contributed by atoms with E-state index in [1.807, 2.05) is 121 Å². The molecule has 0 aliphatic carbocycles. The van der Waals surface area contributed by atoms with Gasteiger partial charge in [0.2, 0.25) is 5.82 Å². The Balaban J connectivity index is 0.000000212. The minimum absolute atomic E-state index is 0.134. The average molecular weight is 2030 g/mol. The van der Waals surface area contributed by atoms with Gasteiger partial charge in [0.15, 0.2) is 102 Å². The first-order valence-electron chi connectivity index (χ1n) is 39.3. The first-order chi connectivity index (χ1) is 63.9. The molecule has 0 unspecified atom stereocenters. The van der Waals surface area contributed by atoms with Gasteiger partial charge in [-0.15, -0.1) is 0 Å². The number of phenolic OH excluding ortho intramolecular Hbond substituents is 5. The van der Waals surface area contributed by atoms with Gasteiger partial charge in [0.05, 0.1) is 79.5 Å². The minimum Gasteiger partial charge on any atom is -0.508 e. The highest BCUT2D eigenvalue weighted by Gasteiger charge is 2.35. The Labute approximate surface area is 796 Å². The molecule has 0 spiro atoms. The van der Waals surface area contributed by atoms with Crippen molar-refractivity contribution >= 4 is 105 Å². The second-order valence-electron chi connectivity index (χ2n) is 27.4. The van der Waals surface area contributed by atoms with Crippen molar-refractivity contribution in [2.24, 2.45) is 0 Å². The Morgan fingerprint density at radius 3 is 0.348 bits per heavy atom. The Kier molecular flexibility index (Phi) is 43.9. The average Bonchev–Trinajstić information content (AvgIpc) is 0.772. The van der Waals surface area contributed by atoms with Gasteiger partial charge in [-0.2, -0.15) is 42.1 Å². The molecular weight excluding hydrogens is 1940 g/mol. The molecule has 0 saturated carbocycles. The predicted octanol–water partition coefficient (Wildman–Crippen LogP) is 22.1. The van der Waals surface area contributed by atoms with E-state index in [1.165, 1.54) is 73.4 Å². The van der Waals surface area contributed by atoms with E-state index in [4.69, 9.17) is 22.8 Å². The molecular formula is C100H92F5O20S10+5. The van der Waals surface area contributed by atoms with Crippen LogP contribution in [0.2, 0.25) is 0 Å². The topological polar surface area (TPSA) is 373 Å². The summed E-state index contributed by atoms with van der Waals surface area (Å²) in [6, 6.07) is 142. The number of phenols is 5. The van der Waals surface area contributed by atoms with Crippen LogP contribution in [-0.2, 0) is 105 Å². The molecule has 135 heavy (non-hydrogen) atoms. The molecule has 0 atom stereocenters. The van der Waals surface area contributed by atoms with Crippen molar-refractivity contribution in [2.75, 3.05) is 25.0 Å². The van der Waals surface area contributed by atoms with Gasteiger partial charge in [-0.1, -0.05) is 182 Å². The molecule has 0 aliphatic heterocycles. The van der Waals surface area contributed by atoms with Gasteiger partial charge in [0.25, 0.3) is 40.5 Å². The van der Waals surface area contributed by atoms with Crippen LogP contribution in [0.4, 0.5) is 22.0 Å². The Morgan fingerprint density at radius 1 is 0.163 bits per heavy atom. The van der Waals surface area contributed by atoms with Crippen molar-refractivity contribution < 1.29 is 112 Å². The summed E-state index contributed by atoms with van der Waals surface area (Å²) in [6.45, 7) is 0. The molecule has 16 rings (SSSR count). The van der Waals surface area contributed by atoms with Crippen LogP contribution in [0, 0.1) is 29.1 Å². The van der Waals surface area contributed by atoms with Crippen molar-refractivity contribution in [1.82, 2.24) is 0 Å². The predicted molar refractivity (Wildman–Crippen MR) is 522 cm³/mol. The molecule has 0 aliphatic rings. The van der Waals surface area contributed by atoms with Crippen molar-refractivity contribution in [3.05, 3.63) is 454 Å². The normalized spacial score (nSPS) is 10.9. The van der Waals surface area contributed by atoms with Gasteiger partial charge < -0.3 is 25.5 Å². The summed E-state index contributed by atoms with van der Waals surface area (Å²) in [5.41, 5.74) is 0. The first kappa shape index (κ1) is 109. The van der Waals surface area contributed by atoms with E-state index in [0.717, 1.165) is 0 Å². The van der Waals surface area contributed by atoms with E-state index in [0.29, 0.717) is 53.8 Å². The van der Waals surface area contributed by atoms with E-state index >= 15 is 0 Å². The lowest BCUT2D eigenvalue weighted by atomic mass is 10.3. The molecule has 0 fully saturated rings. The largest absolute Gasteiger partial charge is 0.508 e. The number of benzene rings is 16. The molecule has 0 bridgehead atoms. The summed E-state index contributed by atoms with van der Waals surface area (Å²) in [5.74, 6) is -11.1. The minimum atomic E-state index is -5.52. The van der Waals surface area contributed by atoms with Crippen LogP contribution in [0.15, 0.2) is 503 Å². The quantitative estimate of drug-likeness (QED) is 0.0141. The van der Waals surface area contributed by atoms with Crippen molar-refractivity contribution in [3.8, 4) is 28.7 Å². The molecule has 0 radical (unpaired) electrons. The molecule has 20 nitrogen and oxygen atoms in total. The van der Waals surface area contributed by atoms with E-state index in [9.17, 15) is 89.6 Å². The van der Waals surface area contributed by atoms with Gasteiger partial charge >= 0.3 is 10.1 Å². The third-order valence-electron chi connectivity index (χ3n) is 16.6. The lowest BCUT2D eigenvalue weighted by Crippen LogP contribution is -2.11. The highest BCUT2D eigenvalue weighted by molar-refractivity contribution is 7.98. The molecule has 10 N–H and O–H groups in total. The maximum Gasteiger partial charge on any atom is 0.300 e. The van der Waals surface area contributed by atoms with E-state index in [2.05, 4.69) is 243 Å². The maximum absolute atomic E-state index is 12.6. The number of rotatable bonds is 16. The molecule has 0 aromatic heterocycles. The van der Waals surface area contributed by atoms with Gasteiger partial charge in [0.1, 0.15) is 28.7 Å². The lowest BCUT2D eigenvalue weighted by Gasteiger charge is -2.07. The second-order valence-corrected chi connectivity index (χ2v) is 44.8. The van der Waals surface area contributed by atoms with Gasteiger partial charge in [0, 0.05) is 0 Å². The number of halogens is 5. The Bertz CT molecular complexity index is 5770. The van der Waals surface area contributed by atoms with Crippen LogP contribution in [0.5, 0.6) is 28.7 Å². The van der Waals surface area contributed by atoms with Crippen LogP contribution < -0.4 is 0 Å². The van der Waals surface area contributed by atoms with Crippen LogP contribution in [-0.4, -0.2) is 115 Å². The molecule has 16 aromatic carbocycles. The SMILES string of the molecule is CS(=O)(=O)O.CS(=O)(=O)O.CS(=O)(=O)O.CS(=O)(=O)O.O=S(=O)(O)c1c(F)c(F)c(F)c(F)c1F.Oc1ccc([S+](c2ccccc2)c2ccccc2)cc1.Oc1ccc([S+](c2ccccc2)c2ccccc2)cc1.Oc1ccc([S+](c2ccccc2)c2ccccc2)cc1.Oc1ccc([S+](c2ccccc2)c2ccccc2)cc1.Oc1ccc([S+](c2ccccc2)c2ccccc2)cc1. The Morgan fingerprint density at radius 2 is 0.252 bits per heavy atom. The molecule has 0 heterocycles. The first-order valence-corrected chi connectivity index (χ1v) is 54.2. The number of hydrogen-bond acceptors (Lipinski definition) is 15.